The van der Waals surface area contributed by atoms with Gasteiger partial charge in [0.25, 0.3) is 0 Å². The lowest BCUT2D eigenvalue weighted by Gasteiger charge is -2.16. The number of hydrogen-bond donors (Lipinski definition) is 0. The third kappa shape index (κ3) is 2.58. The topological polar surface area (TPSA) is 30.7 Å². The summed E-state index contributed by atoms with van der Waals surface area (Å²) in [7, 11) is 0. The van der Waals surface area contributed by atoms with Gasteiger partial charge in [-0.25, -0.2) is 9.97 Å². The van der Waals surface area contributed by atoms with Crippen molar-refractivity contribution in [3.63, 3.8) is 0 Å². The first-order valence-electron chi connectivity index (χ1n) is 7.17. The van der Waals surface area contributed by atoms with Gasteiger partial charge >= 0.3 is 0 Å². The third-order valence-electron chi connectivity index (χ3n) is 3.64. The number of halogens is 1. The Kier molecular flexibility index (Phi) is 4.00. The molecular formula is C16H18ClN3S. The van der Waals surface area contributed by atoms with Crippen molar-refractivity contribution in [3.8, 4) is 0 Å². The molecule has 0 bridgehead atoms. The van der Waals surface area contributed by atoms with E-state index >= 15 is 0 Å². The Morgan fingerprint density at radius 3 is 2.71 bits per heavy atom. The van der Waals surface area contributed by atoms with E-state index in [4.69, 9.17) is 16.6 Å². The van der Waals surface area contributed by atoms with Crippen LogP contribution in [0.3, 0.4) is 0 Å². The molecule has 3 rings (SSSR count). The fraction of sp³-hybridized carbons (Fsp3) is 0.375. The monoisotopic (exact) mass is 319 g/mol. The van der Waals surface area contributed by atoms with E-state index in [0.29, 0.717) is 0 Å². The molecule has 3 aromatic rings. The highest BCUT2D eigenvalue weighted by atomic mass is 35.5. The van der Waals surface area contributed by atoms with Gasteiger partial charge < -0.3 is 4.57 Å². The molecule has 2 heterocycles. The SMILES string of the molecule is CCc1cnc(C(C)n2c(C(C)Cl)nc3ccccc32)s1. The Labute approximate surface area is 133 Å². The molecular weight excluding hydrogens is 302 g/mol. The number of alkyl halides is 1. The van der Waals surface area contributed by atoms with E-state index in [0.717, 1.165) is 28.3 Å². The first-order valence-corrected chi connectivity index (χ1v) is 8.42. The second-order valence-corrected chi connectivity index (χ2v) is 6.94. The Morgan fingerprint density at radius 2 is 2.05 bits per heavy atom. The number of aromatic nitrogens is 3. The number of thiazole rings is 1. The molecule has 0 radical (unpaired) electrons. The van der Waals surface area contributed by atoms with Gasteiger partial charge in [-0.15, -0.1) is 22.9 Å². The van der Waals surface area contributed by atoms with Gasteiger partial charge in [0.1, 0.15) is 10.8 Å². The van der Waals surface area contributed by atoms with Crippen LogP contribution in [-0.4, -0.2) is 14.5 Å². The number of imidazole rings is 1. The molecule has 2 atom stereocenters. The molecule has 0 aliphatic heterocycles. The lowest BCUT2D eigenvalue weighted by Crippen LogP contribution is -2.11. The lowest BCUT2D eigenvalue weighted by atomic mass is 10.2. The predicted octanol–water partition coefficient (Wildman–Crippen LogP) is 4.96. The summed E-state index contributed by atoms with van der Waals surface area (Å²) in [6.45, 7) is 6.28. The fourth-order valence-corrected chi connectivity index (χ4v) is 3.59. The molecule has 0 aliphatic rings. The van der Waals surface area contributed by atoms with E-state index in [1.807, 2.05) is 31.3 Å². The number of rotatable bonds is 4. The average Bonchev–Trinajstić information content (AvgIpc) is 3.11. The minimum atomic E-state index is -0.134. The highest BCUT2D eigenvalue weighted by molar-refractivity contribution is 7.11. The molecule has 0 fully saturated rings. The Bertz CT molecular complexity index is 760. The van der Waals surface area contributed by atoms with E-state index in [1.165, 1.54) is 4.88 Å². The maximum Gasteiger partial charge on any atom is 0.128 e. The zero-order chi connectivity index (χ0) is 15.0. The zero-order valence-corrected chi connectivity index (χ0v) is 13.9. The van der Waals surface area contributed by atoms with Crippen molar-refractivity contribution in [1.82, 2.24) is 14.5 Å². The van der Waals surface area contributed by atoms with Crippen LogP contribution >= 0.6 is 22.9 Å². The van der Waals surface area contributed by atoms with Crippen LogP contribution in [0.4, 0.5) is 0 Å². The molecule has 0 saturated heterocycles. The maximum absolute atomic E-state index is 6.34. The van der Waals surface area contributed by atoms with Crippen LogP contribution < -0.4 is 0 Å². The van der Waals surface area contributed by atoms with Crippen molar-refractivity contribution >= 4 is 34.0 Å². The van der Waals surface area contributed by atoms with Crippen molar-refractivity contribution in [2.75, 3.05) is 0 Å². The lowest BCUT2D eigenvalue weighted by molar-refractivity contribution is 0.615. The number of fused-ring (bicyclic) bond motifs is 1. The third-order valence-corrected chi connectivity index (χ3v) is 5.15. The molecule has 2 aromatic heterocycles. The predicted molar refractivity (Wildman–Crippen MR) is 89.3 cm³/mol. The largest absolute Gasteiger partial charge is 0.317 e. The van der Waals surface area contributed by atoms with Crippen LogP contribution in [0.15, 0.2) is 30.5 Å². The quantitative estimate of drug-likeness (QED) is 0.636. The van der Waals surface area contributed by atoms with Crippen LogP contribution in [0.1, 0.15) is 47.9 Å². The average molecular weight is 320 g/mol. The molecule has 3 nitrogen and oxygen atoms in total. The summed E-state index contributed by atoms with van der Waals surface area (Å²) in [5, 5.41) is 0.971. The normalized spacial score (nSPS) is 14.5. The Hall–Kier alpha value is -1.39. The summed E-state index contributed by atoms with van der Waals surface area (Å²) >= 11 is 8.11. The van der Waals surface area contributed by atoms with Crippen LogP contribution in [-0.2, 0) is 6.42 Å². The van der Waals surface area contributed by atoms with Gasteiger partial charge in [0, 0.05) is 11.1 Å². The Balaban J connectivity index is 2.15. The molecule has 2 unspecified atom stereocenters. The van der Waals surface area contributed by atoms with Crippen molar-refractivity contribution in [2.45, 2.75) is 38.6 Å². The van der Waals surface area contributed by atoms with Crippen LogP contribution in [0.5, 0.6) is 0 Å². The molecule has 1 aromatic carbocycles. The maximum atomic E-state index is 6.34. The van der Waals surface area contributed by atoms with Crippen LogP contribution in [0.2, 0.25) is 0 Å². The van der Waals surface area contributed by atoms with Gasteiger partial charge in [0.2, 0.25) is 0 Å². The van der Waals surface area contributed by atoms with Crippen molar-refractivity contribution < 1.29 is 0 Å². The smallest absolute Gasteiger partial charge is 0.128 e. The number of para-hydroxylation sites is 2. The first kappa shape index (κ1) is 14.5. The summed E-state index contributed by atoms with van der Waals surface area (Å²) in [5.41, 5.74) is 2.10. The number of benzene rings is 1. The molecule has 110 valence electrons. The van der Waals surface area contributed by atoms with E-state index in [2.05, 4.69) is 29.5 Å². The summed E-state index contributed by atoms with van der Waals surface area (Å²) in [4.78, 5) is 10.6. The van der Waals surface area contributed by atoms with Crippen LogP contribution in [0.25, 0.3) is 11.0 Å². The van der Waals surface area contributed by atoms with Gasteiger partial charge in [-0.2, -0.15) is 0 Å². The van der Waals surface area contributed by atoms with Gasteiger partial charge in [-0.1, -0.05) is 19.1 Å². The minimum Gasteiger partial charge on any atom is -0.317 e. The molecule has 0 N–H and O–H groups in total. The van der Waals surface area contributed by atoms with Gasteiger partial charge in [-0.3, -0.25) is 0 Å². The van der Waals surface area contributed by atoms with E-state index in [1.54, 1.807) is 11.3 Å². The van der Waals surface area contributed by atoms with Crippen molar-refractivity contribution in [1.29, 1.82) is 0 Å². The molecule has 0 saturated carbocycles. The number of nitrogens with zero attached hydrogens (tertiary/aromatic N) is 3. The second kappa shape index (κ2) is 5.78. The van der Waals surface area contributed by atoms with Crippen LogP contribution in [0, 0.1) is 0 Å². The van der Waals surface area contributed by atoms with E-state index in [9.17, 15) is 0 Å². The van der Waals surface area contributed by atoms with Crippen molar-refractivity contribution in [3.05, 3.63) is 46.2 Å². The first-order chi connectivity index (χ1) is 10.1. The summed E-state index contributed by atoms with van der Waals surface area (Å²) in [6, 6.07) is 8.30. The Morgan fingerprint density at radius 1 is 1.29 bits per heavy atom. The fourth-order valence-electron chi connectivity index (χ4n) is 2.54. The molecule has 0 amide bonds. The molecule has 21 heavy (non-hydrogen) atoms. The molecule has 0 spiro atoms. The number of hydrogen-bond acceptors (Lipinski definition) is 3. The van der Waals surface area contributed by atoms with Gasteiger partial charge in [0.15, 0.2) is 0 Å². The van der Waals surface area contributed by atoms with Gasteiger partial charge in [0.05, 0.1) is 22.5 Å². The zero-order valence-electron chi connectivity index (χ0n) is 12.4. The summed E-state index contributed by atoms with van der Waals surface area (Å²) < 4.78 is 2.21. The molecule has 0 aliphatic carbocycles. The highest BCUT2D eigenvalue weighted by Gasteiger charge is 2.21. The van der Waals surface area contributed by atoms with Gasteiger partial charge in [-0.05, 0) is 32.4 Å². The second-order valence-electron chi connectivity index (χ2n) is 5.14. The molecule has 5 heteroatoms. The van der Waals surface area contributed by atoms with E-state index < -0.39 is 0 Å². The summed E-state index contributed by atoms with van der Waals surface area (Å²) in [5.74, 6) is 0.901. The van der Waals surface area contributed by atoms with E-state index in [-0.39, 0.29) is 11.4 Å². The standard InChI is InChI=1S/C16H18ClN3S/c1-4-12-9-18-16(21-12)11(3)20-14-8-6-5-7-13(14)19-15(20)10(2)17/h5-11H,4H2,1-3H3. The summed E-state index contributed by atoms with van der Waals surface area (Å²) in [6.07, 6.45) is 2.99. The van der Waals surface area contributed by atoms with Crippen molar-refractivity contribution in [2.24, 2.45) is 0 Å². The minimum absolute atomic E-state index is 0.134. The highest BCUT2D eigenvalue weighted by Crippen LogP contribution is 2.32. The number of aryl methyl sites for hydroxylation is 1.